The second-order valence-electron chi connectivity index (χ2n) is 3.46. The molecule has 84 valence electrons. The zero-order valence-corrected chi connectivity index (χ0v) is 11.5. The molecule has 1 aromatic carbocycles. The molecule has 16 heavy (non-hydrogen) atoms. The standard InChI is InChI=1S/C11H10ClIN2O/c1-15-5-4-14-11(15)10(16)8-6-7(12)2-3-9(8)13/h2-6,10,16H,1H3. The minimum Gasteiger partial charge on any atom is -0.380 e. The number of halogens is 2. The van der Waals surface area contributed by atoms with Crippen molar-refractivity contribution in [1.82, 2.24) is 9.55 Å². The summed E-state index contributed by atoms with van der Waals surface area (Å²) in [7, 11) is 1.85. The van der Waals surface area contributed by atoms with Crippen LogP contribution in [0.5, 0.6) is 0 Å². The van der Waals surface area contributed by atoms with E-state index < -0.39 is 6.10 Å². The van der Waals surface area contributed by atoms with Crippen molar-refractivity contribution < 1.29 is 5.11 Å². The summed E-state index contributed by atoms with van der Waals surface area (Å²) in [6.07, 6.45) is 2.72. The largest absolute Gasteiger partial charge is 0.380 e. The van der Waals surface area contributed by atoms with Gasteiger partial charge in [0.05, 0.1) is 0 Å². The number of hydrogen-bond donors (Lipinski definition) is 1. The quantitative estimate of drug-likeness (QED) is 0.848. The molecule has 1 heterocycles. The van der Waals surface area contributed by atoms with Gasteiger partial charge in [0.1, 0.15) is 11.9 Å². The third kappa shape index (κ3) is 2.23. The molecule has 0 fully saturated rings. The normalized spacial score (nSPS) is 12.8. The third-order valence-electron chi connectivity index (χ3n) is 2.36. The van der Waals surface area contributed by atoms with Crippen LogP contribution in [0.15, 0.2) is 30.6 Å². The highest BCUT2D eigenvalue weighted by Crippen LogP contribution is 2.27. The van der Waals surface area contributed by atoms with E-state index in [0.29, 0.717) is 10.8 Å². The van der Waals surface area contributed by atoms with Gasteiger partial charge in [-0.3, -0.25) is 0 Å². The smallest absolute Gasteiger partial charge is 0.142 e. The summed E-state index contributed by atoms with van der Waals surface area (Å²) in [6, 6.07) is 5.45. The van der Waals surface area contributed by atoms with E-state index in [4.69, 9.17) is 11.6 Å². The Morgan fingerprint density at radius 1 is 1.50 bits per heavy atom. The molecule has 1 atom stereocenters. The lowest BCUT2D eigenvalue weighted by molar-refractivity contribution is 0.205. The third-order valence-corrected chi connectivity index (χ3v) is 3.57. The minimum absolute atomic E-state index is 0.611. The van der Waals surface area contributed by atoms with Crippen molar-refractivity contribution in [3.8, 4) is 0 Å². The van der Waals surface area contributed by atoms with Crippen molar-refractivity contribution in [1.29, 1.82) is 0 Å². The number of aryl methyl sites for hydroxylation is 1. The van der Waals surface area contributed by atoms with Gasteiger partial charge in [0, 0.05) is 33.6 Å². The molecule has 1 N–H and O–H groups in total. The Morgan fingerprint density at radius 3 is 2.88 bits per heavy atom. The molecule has 1 aromatic heterocycles. The van der Waals surface area contributed by atoms with Gasteiger partial charge in [-0.1, -0.05) is 11.6 Å². The number of rotatable bonds is 2. The van der Waals surface area contributed by atoms with Crippen molar-refractivity contribution in [2.75, 3.05) is 0 Å². The SMILES string of the molecule is Cn1ccnc1C(O)c1cc(Cl)ccc1I. The first-order valence-corrected chi connectivity index (χ1v) is 6.15. The molecule has 0 radical (unpaired) electrons. The van der Waals surface area contributed by atoms with E-state index in [0.717, 1.165) is 9.13 Å². The maximum atomic E-state index is 10.2. The monoisotopic (exact) mass is 348 g/mol. The van der Waals surface area contributed by atoms with E-state index in [-0.39, 0.29) is 0 Å². The average molecular weight is 349 g/mol. The summed E-state index contributed by atoms with van der Waals surface area (Å²) in [5, 5.41) is 10.8. The molecular formula is C11H10ClIN2O. The highest BCUT2D eigenvalue weighted by atomic mass is 127. The Bertz CT molecular complexity index is 512. The molecule has 5 heteroatoms. The number of aliphatic hydroxyl groups excluding tert-OH is 1. The van der Waals surface area contributed by atoms with Crippen LogP contribution in [-0.2, 0) is 7.05 Å². The van der Waals surface area contributed by atoms with Gasteiger partial charge >= 0.3 is 0 Å². The van der Waals surface area contributed by atoms with Crippen molar-refractivity contribution >= 4 is 34.2 Å². The highest BCUT2D eigenvalue weighted by molar-refractivity contribution is 14.1. The summed E-state index contributed by atoms with van der Waals surface area (Å²) in [6.45, 7) is 0. The zero-order chi connectivity index (χ0) is 11.7. The summed E-state index contributed by atoms with van der Waals surface area (Å²) in [5.41, 5.74) is 0.780. The predicted molar refractivity (Wildman–Crippen MR) is 71.4 cm³/mol. The van der Waals surface area contributed by atoms with Gasteiger partial charge < -0.3 is 9.67 Å². The number of benzene rings is 1. The number of aromatic nitrogens is 2. The molecule has 3 nitrogen and oxygen atoms in total. The number of hydrogen-bond acceptors (Lipinski definition) is 2. The molecular weight excluding hydrogens is 338 g/mol. The van der Waals surface area contributed by atoms with Crippen LogP contribution in [0.3, 0.4) is 0 Å². The van der Waals surface area contributed by atoms with Crippen LogP contribution >= 0.6 is 34.2 Å². The van der Waals surface area contributed by atoms with E-state index in [2.05, 4.69) is 27.6 Å². The lowest BCUT2D eigenvalue weighted by Crippen LogP contribution is -2.08. The molecule has 2 rings (SSSR count). The maximum Gasteiger partial charge on any atom is 0.142 e. The fourth-order valence-corrected chi connectivity index (χ4v) is 2.31. The summed E-state index contributed by atoms with van der Waals surface area (Å²) in [4.78, 5) is 4.13. The number of aliphatic hydroxyl groups is 1. The van der Waals surface area contributed by atoms with Crippen LogP contribution in [0.2, 0.25) is 5.02 Å². The van der Waals surface area contributed by atoms with E-state index in [1.165, 1.54) is 0 Å². The van der Waals surface area contributed by atoms with Gasteiger partial charge in [-0.05, 0) is 40.8 Å². The van der Waals surface area contributed by atoms with Crippen molar-refractivity contribution in [2.24, 2.45) is 7.05 Å². The van der Waals surface area contributed by atoms with Crippen LogP contribution in [0.25, 0.3) is 0 Å². The Labute approximate surface area is 112 Å². The molecule has 0 spiro atoms. The molecule has 0 aliphatic carbocycles. The molecule has 0 aliphatic heterocycles. The van der Waals surface area contributed by atoms with Gasteiger partial charge in [0.15, 0.2) is 0 Å². The summed E-state index contributed by atoms with van der Waals surface area (Å²) < 4.78 is 2.76. The van der Waals surface area contributed by atoms with E-state index >= 15 is 0 Å². The van der Waals surface area contributed by atoms with E-state index in [1.807, 2.05) is 13.1 Å². The molecule has 0 aliphatic rings. The first-order valence-electron chi connectivity index (χ1n) is 4.70. The Hall–Kier alpha value is -0.590. The first kappa shape index (κ1) is 11.9. The topological polar surface area (TPSA) is 38.0 Å². The molecule has 0 saturated heterocycles. The summed E-state index contributed by atoms with van der Waals surface area (Å²) in [5.74, 6) is 0.611. The second kappa shape index (κ2) is 4.73. The van der Waals surface area contributed by atoms with Crippen LogP contribution in [0, 0.1) is 3.57 Å². The molecule has 1 unspecified atom stereocenters. The van der Waals surface area contributed by atoms with Crippen LogP contribution < -0.4 is 0 Å². The predicted octanol–water partition coefficient (Wildman–Crippen LogP) is 2.76. The molecule has 0 amide bonds. The van der Waals surface area contributed by atoms with Gasteiger partial charge in [0.2, 0.25) is 0 Å². The second-order valence-corrected chi connectivity index (χ2v) is 5.06. The van der Waals surface area contributed by atoms with Gasteiger partial charge in [0.25, 0.3) is 0 Å². The Balaban J connectivity index is 2.45. The van der Waals surface area contributed by atoms with Crippen LogP contribution in [0.1, 0.15) is 17.5 Å². The number of nitrogens with zero attached hydrogens (tertiary/aromatic N) is 2. The molecule has 0 bridgehead atoms. The van der Waals surface area contributed by atoms with Crippen molar-refractivity contribution in [3.63, 3.8) is 0 Å². The minimum atomic E-state index is -0.745. The van der Waals surface area contributed by atoms with Gasteiger partial charge in [-0.2, -0.15) is 0 Å². The maximum absolute atomic E-state index is 10.2. The van der Waals surface area contributed by atoms with E-state index in [9.17, 15) is 5.11 Å². The Morgan fingerprint density at radius 2 is 2.25 bits per heavy atom. The van der Waals surface area contributed by atoms with Gasteiger partial charge in [-0.15, -0.1) is 0 Å². The van der Waals surface area contributed by atoms with Crippen molar-refractivity contribution in [2.45, 2.75) is 6.10 Å². The van der Waals surface area contributed by atoms with Crippen molar-refractivity contribution in [3.05, 3.63) is 50.6 Å². The molecule has 0 saturated carbocycles. The fraction of sp³-hybridized carbons (Fsp3) is 0.182. The first-order chi connectivity index (χ1) is 7.59. The van der Waals surface area contributed by atoms with Crippen LogP contribution in [-0.4, -0.2) is 14.7 Å². The molecule has 2 aromatic rings. The Kier molecular flexibility index (Phi) is 3.51. The fourth-order valence-electron chi connectivity index (χ4n) is 1.50. The van der Waals surface area contributed by atoms with Crippen LogP contribution in [0.4, 0.5) is 0 Å². The summed E-state index contributed by atoms with van der Waals surface area (Å²) >= 11 is 8.09. The highest BCUT2D eigenvalue weighted by Gasteiger charge is 2.17. The number of imidazole rings is 1. The van der Waals surface area contributed by atoms with Gasteiger partial charge in [-0.25, -0.2) is 4.98 Å². The lowest BCUT2D eigenvalue weighted by atomic mass is 10.1. The zero-order valence-electron chi connectivity index (χ0n) is 8.56. The van der Waals surface area contributed by atoms with E-state index in [1.54, 1.807) is 29.1 Å². The average Bonchev–Trinajstić information content (AvgIpc) is 2.67. The lowest BCUT2D eigenvalue weighted by Gasteiger charge is -2.13.